The van der Waals surface area contributed by atoms with Crippen molar-refractivity contribution in [2.24, 2.45) is 11.3 Å². The Balaban J connectivity index is 1.96. The van der Waals surface area contributed by atoms with Gasteiger partial charge in [-0.15, -0.1) is 0 Å². The van der Waals surface area contributed by atoms with Gasteiger partial charge in [-0.3, -0.25) is 4.90 Å². The van der Waals surface area contributed by atoms with E-state index in [1.54, 1.807) is 7.11 Å². The lowest BCUT2D eigenvalue weighted by molar-refractivity contribution is 0.107. The van der Waals surface area contributed by atoms with Crippen molar-refractivity contribution in [1.29, 1.82) is 0 Å². The van der Waals surface area contributed by atoms with Gasteiger partial charge in [0.2, 0.25) is 0 Å². The van der Waals surface area contributed by atoms with Crippen LogP contribution in [0, 0.1) is 11.3 Å². The highest BCUT2D eigenvalue weighted by molar-refractivity contribution is 5.48. The number of hydrogen-bond acceptors (Lipinski definition) is 3. The van der Waals surface area contributed by atoms with E-state index in [2.05, 4.69) is 31.7 Å². The lowest BCUT2D eigenvalue weighted by Gasteiger charge is -2.38. The third kappa shape index (κ3) is 3.66. The van der Waals surface area contributed by atoms with Crippen molar-refractivity contribution < 1.29 is 4.74 Å². The lowest BCUT2D eigenvalue weighted by atomic mass is 9.75. The average molecular weight is 276 g/mol. The first-order valence-electron chi connectivity index (χ1n) is 7.55. The molecule has 1 aromatic rings. The summed E-state index contributed by atoms with van der Waals surface area (Å²) < 4.78 is 5.44. The van der Waals surface area contributed by atoms with Crippen molar-refractivity contribution in [2.45, 2.75) is 40.2 Å². The van der Waals surface area contributed by atoms with Crippen LogP contribution in [0.2, 0.25) is 0 Å². The molecule has 2 N–H and O–H groups in total. The van der Waals surface area contributed by atoms with E-state index in [0.717, 1.165) is 23.9 Å². The molecule has 0 amide bonds. The molecule has 0 bridgehead atoms. The normalized spacial score (nSPS) is 18.2. The molecule has 1 aliphatic rings. The van der Waals surface area contributed by atoms with Crippen LogP contribution in [0.15, 0.2) is 18.2 Å². The van der Waals surface area contributed by atoms with Crippen molar-refractivity contribution in [3.63, 3.8) is 0 Å². The number of piperidine rings is 1. The van der Waals surface area contributed by atoms with Crippen LogP contribution in [0.5, 0.6) is 5.75 Å². The topological polar surface area (TPSA) is 38.5 Å². The Labute approximate surface area is 123 Å². The minimum atomic E-state index is 0.435. The van der Waals surface area contributed by atoms with Gasteiger partial charge < -0.3 is 10.5 Å². The molecule has 0 aromatic heterocycles. The Morgan fingerprint density at radius 3 is 2.45 bits per heavy atom. The molecule has 112 valence electrons. The second-order valence-electron chi connectivity index (χ2n) is 6.99. The van der Waals surface area contributed by atoms with Crippen molar-refractivity contribution >= 4 is 5.69 Å². The summed E-state index contributed by atoms with van der Waals surface area (Å²) in [7, 11) is 1.71. The summed E-state index contributed by atoms with van der Waals surface area (Å²) in [5, 5.41) is 0. The van der Waals surface area contributed by atoms with Gasteiger partial charge in [-0.2, -0.15) is 0 Å². The first-order chi connectivity index (χ1) is 9.40. The molecule has 3 heteroatoms. The van der Waals surface area contributed by atoms with E-state index >= 15 is 0 Å². The third-order valence-corrected chi connectivity index (χ3v) is 4.52. The molecule has 1 aromatic carbocycles. The van der Waals surface area contributed by atoms with Crippen molar-refractivity contribution in [1.82, 2.24) is 4.90 Å². The molecule has 2 rings (SSSR count). The van der Waals surface area contributed by atoms with Crippen LogP contribution < -0.4 is 10.5 Å². The number of rotatable bonds is 3. The molecule has 0 spiro atoms. The van der Waals surface area contributed by atoms with E-state index in [9.17, 15) is 0 Å². The quantitative estimate of drug-likeness (QED) is 0.858. The number of nitrogen functional groups attached to an aromatic ring is 1. The van der Waals surface area contributed by atoms with E-state index in [4.69, 9.17) is 10.5 Å². The largest absolute Gasteiger partial charge is 0.496 e. The summed E-state index contributed by atoms with van der Waals surface area (Å²) in [6.07, 6.45) is 2.58. The van der Waals surface area contributed by atoms with Crippen molar-refractivity contribution in [2.75, 3.05) is 25.9 Å². The fourth-order valence-corrected chi connectivity index (χ4v) is 3.09. The van der Waals surface area contributed by atoms with Crippen LogP contribution in [-0.2, 0) is 6.54 Å². The smallest absolute Gasteiger partial charge is 0.125 e. The lowest BCUT2D eigenvalue weighted by Crippen LogP contribution is -2.37. The molecular formula is C17H28N2O. The standard InChI is InChI=1S/C17H28N2O/c1-17(2,3)14-7-9-19(10-8-14)12-13-5-6-15(18)11-16(13)20-4/h5-6,11,14H,7-10,12,18H2,1-4H3. The highest BCUT2D eigenvalue weighted by Crippen LogP contribution is 2.35. The molecule has 1 heterocycles. The molecule has 20 heavy (non-hydrogen) atoms. The van der Waals surface area contributed by atoms with Gasteiger partial charge in [0.15, 0.2) is 0 Å². The highest BCUT2D eigenvalue weighted by Gasteiger charge is 2.28. The predicted molar refractivity (Wildman–Crippen MR) is 84.9 cm³/mol. The Hall–Kier alpha value is -1.22. The van der Waals surface area contributed by atoms with Crippen LogP contribution in [-0.4, -0.2) is 25.1 Å². The van der Waals surface area contributed by atoms with Crippen molar-refractivity contribution in [3.05, 3.63) is 23.8 Å². The highest BCUT2D eigenvalue weighted by atomic mass is 16.5. The fourth-order valence-electron chi connectivity index (χ4n) is 3.09. The van der Waals surface area contributed by atoms with Crippen LogP contribution >= 0.6 is 0 Å². The zero-order chi connectivity index (χ0) is 14.8. The number of anilines is 1. The number of benzene rings is 1. The third-order valence-electron chi connectivity index (χ3n) is 4.52. The van der Waals surface area contributed by atoms with E-state index < -0.39 is 0 Å². The van der Waals surface area contributed by atoms with Gasteiger partial charge in [-0.1, -0.05) is 26.8 Å². The first kappa shape index (κ1) is 15.2. The minimum absolute atomic E-state index is 0.435. The number of hydrogen-bond donors (Lipinski definition) is 1. The van der Waals surface area contributed by atoms with Gasteiger partial charge in [0, 0.05) is 23.9 Å². The Kier molecular flexibility index (Phi) is 4.59. The van der Waals surface area contributed by atoms with Crippen LogP contribution in [0.4, 0.5) is 5.69 Å². The molecule has 0 saturated carbocycles. The van der Waals surface area contributed by atoms with Gasteiger partial charge in [0.1, 0.15) is 5.75 Å². The Morgan fingerprint density at radius 1 is 1.25 bits per heavy atom. The molecule has 0 unspecified atom stereocenters. The molecule has 0 radical (unpaired) electrons. The number of nitrogens with zero attached hydrogens (tertiary/aromatic N) is 1. The second kappa shape index (κ2) is 6.04. The summed E-state index contributed by atoms with van der Waals surface area (Å²) in [6, 6.07) is 5.96. The number of nitrogens with two attached hydrogens (primary N) is 1. The van der Waals surface area contributed by atoms with E-state index in [1.165, 1.54) is 31.5 Å². The molecule has 1 fully saturated rings. The average Bonchev–Trinajstić information content (AvgIpc) is 2.40. The van der Waals surface area contributed by atoms with Crippen LogP contribution in [0.25, 0.3) is 0 Å². The molecule has 3 nitrogen and oxygen atoms in total. The van der Waals surface area contributed by atoms with E-state index in [1.807, 2.05) is 12.1 Å². The number of methoxy groups -OCH3 is 1. The van der Waals surface area contributed by atoms with Gasteiger partial charge >= 0.3 is 0 Å². The Bertz CT molecular complexity index is 443. The van der Waals surface area contributed by atoms with E-state index in [-0.39, 0.29) is 0 Å². The first-order valence-corrected chi connectivity index (χ1v) is 7.55. The molecule has 0 aliphatic carbocycles. The summed E-state index contributed by atoms with van der Waals surface area (Å²) in [4.78, 5) is 2.52. The minimum Gasteiger partial charge on any atom is -0.496 e. The summed E-state index contributed by atoms with van der Waals surface area (Å²) in [6.45, 7) is 10.4. The number of ether oxygens (including phenoxy) is 1. The second-order valence-corrected chi connectivity index (χ2v) is 6.99. The molecule has 0 atom stereocenters. The van der Waals surface area contributed by atoms with Crippen LogP contribution in [0.3, 0.4) is 0 Å². The SMILES string of the molecule is COc1cc(N)ccc1CN1CCC(C(C)(C)C)CC1. The fraction of sp³-hybridized carbons (Fsp3) is 0.647. The maximum absolute atomic E-state index is 5.81. The van der Waals surface area contributed by atoms with E-state index in [0.29, 0.717) is 5.41 Å². The summed E-state index contributed by atoms with van der Waals surface area (Å²) in [5.74, 6) is 1.75. The zero-order valence-electron chi connectivity index (χ0n) is 13.3. The van der Waals surface area contributed by atoms with Crippen molar-refractivity contribution in [3.8, 4) is 5.75 Å². The summed E-state index contributed by atoms with van der Waals surface area (Å²) in [5.41, 5.74) is 8.24. The number of likely N-dealkylation sites (tertiary alicyclic amines) is 1. The zero-order valence-corrected chi connectivity index (χ0v) is 13.3. The summed E-state index contributed by atoms with van der Waals surface area (Å²) >= 11 is 0. The maximum Gasteiger partial charge on any atom is 0.125 e. The van der Waals surface area contributed by atoms with Gasteiger partial charge in [-0.25, -0.2) is 0 Å². The molecular weight excluding hydrogens is 248 g/mol. The monoisotopic (exact) mass is 276 g/mol. The van der Waals surface area contributed by atoms with Crippen LogP contribution in [0.1, 0.15) is 39.2 Å². The van der Waals surface area contributed by atoms with Gasteiger partial charge in [-0.05, 0) is 43.3 Å². The molecule has 1 saturated heterocycles. The van der Waals surface area contributed by atoms with Gasteiger partial charge in [0.05, 0.1) is 7.11 Å². The molecule has 1 aliphatic heterocycles. The maximum atomic E-state index is 5.81. The Morgan fingerprint density at radius 2 is 1.90 bits per heavy atom. The predicted octanol–water partition coefficient (Wildman–Crippen LogP) is 3.54. The van der Waals surface area contributed by atoms with Gasteiger partial charge in [0.25, 0.3) is 0 Å².